The molecule has 0 spiro atoms. The highest BCUT2D eigenvalue weighted by molar-refractivity contribution is 7.95. The second kappa shape index (κ2) is 9.10. The van der Waals surface area contributed by atoms with E-state index in [0.29, 0.717) is 0 Å². The van der Waals surface area contributed by atoms with Crippen LogP contribution in [-0.4, -0.2) is 27.5 Å². The van der Waals surface area contributed by atoms with Gasteiger partial charge in [-0.3, -0.25) is 0 Å². The van der Waals surface area contributed by atoms with E-state index in [2.05, 4.69) is 93.6 Å². The second-order valence-corrected chi connectivity index (χ2v) is 12.1. The number of rotatable bonds is 7. The maximum atomic E-state index is 5.43. The molecule has 0 amide bonds. The van der Waals surface area contributed by atoms with Gasteiger partial charge in [-0.15, -0.1) is 0 Å². The molecule has 3 rings (SSSR count). The van der Waals surface area contributed by atoms with E-state index >= 15 is 0 Å². The summed E-state index contributed by atoms with van der Waals surface area (Å²) in [5.41, 5.74) is 0.133. The van der Waals surface area contributed by atoms with E-state index in [-0.39, 0.29) is 5.41 Å². The Morgan fingerprint density at radius 3 is 1.00 bits per heavy atom. The third-order valence-electron chi connectivity index (χ3n) is 5.25. The van der Waals surface area contributed by atoms with E-state index in [4.69, 9.17) is 14.2 Å². The van der Waals surface area contributed by atoms with Gasteiger partial charge in [-0.05, 0) is 78.2 Å². The van der Waals surface area contributed by atoms with Crippen molar-refractivity contribution in [3.8, 4) is 17.2 Å². The number of methoxy groups -OCH3 is 3. The summed E-state index contributed by atoms with van der Waals surface area (Å²) in [5, 5.41) is 4.02. The molecule has 0 aliphatic carbocycles. The Hall–Kier alpha value is -2.51. The summed E-state index contributed by atoms with van der Waals surface area (Å²) in [6.07, 6.45) is 1.05. The monoisotopic (exact) mass is 423 g/mol. The van der Waals surface area contributed by atoms with Crippen molar-refractivity contribution in [2.75, 3.05) is 27.5 Å². The standard InChI is InChI=1S/C26H32O3P/c1-26(2,3)19-30(23-13-7-20(27-4)8-14-23,24-15-9-21(28-5)10-16-24)25-17-11-22(29-6)12-18-25/h7-18H,19H2,1-6H3/q+1. The Morgan fingerprint density at radius 1 is 0.533 bits per heavy atom. The van der Waals surface area contributed by atoms with Crippen LogP contribution < -0.4 is 30.1 Å². The first-order valence-electron chi connectivity index (χ1n) is 10.1. The molecule has 0 heterocycles. The molecule has 0 fully saturated rings. The Balaban J connectivity index is 2.30. The molecule has 30 heavy (non-hydrogen) atoms. The fourth-order valence-electron chi connectivity index (χ4n) is 3.94. The lowest BCUT2D eigenvalue weighted by Gasteiger charge is -2.33. The largest absolute Gasteiger partial charge is 0.497 e. The lowest BCUT2D eigenvalue weighted by Crippen LogP contribution is -2.37. The highest BCUT2D eigenvalue weighted by Gasteiger charge is 2.48. The first-order valence-corrected chi connectivity index (χ1v) is 12.1. The normalized spacial score (nSPS) is 11.8. The Kier molecular flexibility index (Phi) is 6.73. The van der Waals surface area contributed by atoms with Crippen LogP contribution in [0.15, 0.2) is 72.8 Å². The van der Waals surface area contributed by atoms with Crippen LogP contribution in [0.3, 0.4) is 0 Å². The van der Waals surface area contributed by atoms with Crippen molar-refractivity contribution in [2.24, 2.45) is 5.41 Å². The van der Waals surface area contributed by atoms with Crippen LogP contribution in [0, 0.1) is 5.41 Å². The van der Waals surface area contributed by atoms with E-state index in [1.165, 1.54) is 15.9 Å². The maximum absolute atomic E-state index is 5.43. The van der Waals surface area contributed by atoms with Crippen LogP contribution in [0.2, 0.25) is 0 Å². The zero-order valence-corrected chi connectivity index (χ0v) is 19.7. The van der Waals surface area contributed by atoms with E-state index in [1.54, 1.807) is 21.3 Å². The van der Waals surface area contributed by atoms with Crippen LogP contribution in [0.1, 0.15) is 20.8 Å². The van der Waals surface area contributed by atoms with Crippen LogP contribution >= 0.6 is 7.26 Å². The van der Waals surface area contributed by atoms with Gasteiger partial charge in [-0.25, -0.2) is 0 Å². The second-order valence-electron chi connectivity index (χ2n) is 8.62. The molecule has 3 aromatic carbocycles. The van der Waals surface area contributed by atoms with Gasteiger partial charge in [0.05, 0.1) is 27.5 Å². The van der Waals surface area contributed by atoms with Crippen molar-refractivity contribution in [1.29, 1.82) is 0 Å². The molecular weight excluding hydrogens is 391 g/mol. The fourth-order valence-corrected chi connectivity index (χ4v) is 8.78. The van der Waals surface area contributed by atoms with Gasteiger partial charge in [0.15, 0.2) is 0 Å². The molecule has 0 aromatic heterocycles. The predicted molar refractivity (Wildman–Crippen MR) is 129 cm³/mol. The van der Waals surface area contributed by atoms with Gasteiger partial charge in [-0.2, -0.15) is 0 Å². The van der Waals surface area contributed by atoms with Gasteiger partial charge in [0.25, 0.3) is 0 Å². The summed E-state index contributed by atoms with van der Waals surface area (Å²) in [6.45, 7) is 6.95. The minimum absolute atomic E-state index is 0.133. The molecule has 0 unspecified atom stereocenters. The molecule has 0 bridgehead atoms. The third kappa shape index (κ3) is 4.63. The van der Waals surface area contributed by atoms with Crippen molar-refractivity contribution >= 4 is 23.2 Å². The molecule has 3 nitrogen and oxygen atoms in total. The van der Waals surface area contributed by atoms with Gasteiger partial charge < -0.3 is 14.2 Å². The van der Waals surface area contributed by atoms with Gasteiger partial charge in [0.2, 0.25) is 0 Å². The summed E-state index contributed by atoms with van der Waals surface area (Å²) < 4.78 is 16.3. The average Bonchev–Trinajstić information content (AvgIpc) is 2.77. The Labute approximate surface area is 181 Å². The lowest BCUT2D eigenvalue weighted by atomic mass is 10.0. The van der Waals surface area contributed by atoms with Crippen molar-refractivity contribution in [3.05, 3.63) is 72.8 Å². The van der Waals surface area contributed by atoms with E-state index < -0.39 is 7.26 Å². The van der Waals surface area contributed by atoms with E-state index in [1.807, 2.05) is 0 Å². The van der Waals surface area contributed by atoms with Crippen LogP contribution in [-0.2, 0) is 0 Å². The predicted octanol–water partition coefficient (Wildman–Crippen LogP) is 5.05. The Morgan fingerprint density at radius 2 is 0.800 bits per heavy atom. The summed E-state index contributed by atoms with van der Waals surface area (Å²) >= 11 is 0. The van der Waals surface area contributed by atoms with Crippen molar-refractivity contribution in [3.63, 3.8) is 0 Å². The maximum Gasteiger partial charge on any atom is 0.119 e. The van der Waals surface area contributed by atoms with Gasteiger partial charge in [0, 0.05) is 0 Å². The molecule has 3 aromatic rings. The van der Waals surface area contributed by atoms with Crippen LogP contribution in [0.4, 0.5) is 0 Å². The molecule has 0 radical (unpaired) electrons. The zero-order chi connectivity index (χ0) is 21.8. The SMILES string of the molecule is COc1ccc([P+](CC(C)(C)C)(c2ccc(OC)cc2)c2ccc(OC)cc2)cc1. The minimum atomic E-state index is -1.93. The molecule has 158 valence electrons. The van der Waals surface area contributed by atoms with Crippen molar-refractivity contribution < 1.29 is 14.2 Å². The number of ether oxygens (including phenoxy) is 3. The smallest absolute Gasteiger partial charge is 0.119 e. The van der Waals surface area contributed by atoms with E-state index in [9.17, 15) is 0 Å². The molecule has 0 atom stereocenters. The van der Waals surface area contributed by atoms with Gasteiger partial charge in [-0.1, -0.05) is 20.8 Å². The fraction of sp³-hybridized carbons (Fsp3) is 0.308. The van der Waals surface area contributed by atoms with Crippen molar-refractivity contribution in [1.82, 2.24) is 0 Å². The first-order chi connectivity index (χ1) is 14.3. The summed E-state index contributed by atoms with van der Waals surface area (Å²) in [5.74, 6) is 2.62. The highest BCUT2D eigenvalue weighted by atomic mass is 31.2. The molecule has 4 heteroatoms. The van der Waals surface area contributed by atoms with Gasteiger partial charge in [0.1, 0.15) is 40.4 Å². The van der Waals surface area contributed by atoms with Crippen LogP contribution in [0.25, 0.3) is 0 Å². The third-order valence-corrected chi connectivity index (χ3v) is 10.2. The van der Waals surface area contributed by atoms with E-state index in [0.717, 1.165) is 23.4 Å². The quantitative estimate of drug-likeness (QED) is 0.498. The van der Waals surface area contributed by atoms with Crippen molar-refractivity contribution in [2.45, 2.75) is 20.8 Å². The minimum Gasteiger partial charge on any atom is -0.497 e. The number of hydrogen-bond acceptors (Lipinski definition) is 3. The summed E-state index contributed by atoms with van der Waals surface area (Å²) in [6, 6.07) is 25.8. The van der Waals surface area contributed by atoms with Gasteiger partial charge >= 0.3 is 0 Å². The molecule has 0 N–H and O–H groups in total. The molecule has 0 aliphatic heterocycles. The lowest BCUT2D eigenvalue weighted by molar-refractivity contribution is 0.415. The summed E-state index contributed by atoms with van der Waals surface area (Å²) in [7, 11) is 3.19. The first kappa shape index (κ1) is 22.2. The summed E-state index contributed by atoms with van der Waals surface area (Å²) in [4.78, 5) is 0. The molecule has 0 aliphatic rings. The average molecular weight is 424 g/mol. The highest BCUT2D eigenvalue weighted by Crippen LogP contribution is 2.59. The zero-order valence-electron chi connectivity index (χ0n) is 18.8. The molecule has 0 saturated carbocycles. The number of hydrogen-bond donors (Lipinski definition) is 0. The number of benzene rings is 3. The molecule has 0 saturated heterocycles. The topological polar surface area (TPSA) is 27.7 Å². The molecular formula is C26H32O3P+. The van der Waals surface area contributed by atoms with Crippen LogP contribution in [0.5, 0.6) is 17.2 Å². The Bertz CT molecular complexity index is 824.